The van der Waals surface area contributed by atoms with Crippen LogP contribution >= 0.6 is 27.3 Å². The molecular formula is C15H10BrF2N3O3S. The van der Waals surface area contributed by atoms with E-state index in [2.05, 4.69) is 31.4 Å². The standard InChI is InChI=1S/C15H10BrF2N3O3S/c16-8-1-3-9(4-2-8)23-7-10-5-6-11(24-10)13(22)19-15-21-20-14(25-15)12(17)18/h1-6,12H,7H2,(H,19,21,22). The number of carbonyl (C=O) groups is 1. The summed E-state index contributed by atoms with van der Waals surface area (Å²) in [6.45, 7) is 0.142. The van der Waals surface area contributed by atoms with Gasteiger partial charge in [-0.25, -0.2) is 8.78 Å². The predicted octanol–water partition coefficient (Wildman–Crippen LogP) is 4.66. The molecule has 0 spiro atoms. The van der Waals surface area contributed by atoms with Gasteiger partial charge in [-0.1, -0.05) is 27.3 Å². The number of alkyl halides is 2. The Morgan fingerprint density at radius 1 is 1.24 bits per heavy atom. The quantitative estimate of drug-likeness (QED) is 0.616. The van der Waals surface area contributed by atoms with Gasteiger partial charge in [0.05, 0.1) is 0 Å². The average molecular weight is 430 g/mol. The highest BCUT2D eigenvalue weighted by molar-refractivity contribution is 9.10. The number of nitrogens with zero attached hydrogens (tertiary/aromatic N) is 2. The van der Waals surface area contributed by atoms with Gasteiger partial charge >= 0.3 is 0 Å². The highest BCUT2D eigenvalue weighted by Crippen LogP contribution is 2.25. The van der Waals surface area contributed by atoms with Crippen LogP contribution in [0.1, 0.15) is 27.7 Å². The topological polar surface area (TPSA) is 77.2 Å². The number of furan rings is 1. The van der Waals surface area contributed by atoms with Crippen LogP contribution in [0.3, 0.4) is 0 Å². The lowest BCUT2D eigenvalue weighted by molar-refractivity contribution is 0.0992. The number of nitrogens with one attached hydrogen (secondary N) is 1. The number of benzene rings is 1. The smallest absolute Gasteiger partial charge is 0.293 e. The highest BCUT2D eigenvalue weighted by atomic mass is 79.9. The van der Waals surface area contributed by atoms with Gasteiger partial charge < -0.3 is 9.15 Å². The van der Waals surface area contributed by atoms with E-state index in [1.807, 2.05) is 12.1 Å². The maximum Gasteiger partial charge on any atom is 0.293 e. The molecule has 2 heterocycles. The van der Waals surface area contributed by atoms with Gasteiger partial charge in [0, 0.05) is 4.47 Å². The summed E-state index contributed by atoms with van der Waals surface area (Å²) in [4.78, 5) is 12.0. The number of aromatic nitrogens is 2. The summed E-state index contributed by atoms with van der Waals surface area (Å²) in [7, 11) is 0. The van der Waals surface area contributed by atoms with E-state index in [0.717, 1.165) is 4.47 Å². The molecule has 0 saturated heterocycles. The first kappa shape index (κ1) is 17.5. The number of amides is 1. The first-order chi connectivity index (χ1) is 12.0. The van der Waals surface area contributed by atoms with Crippen molar-refractivity contribution in [2.75, 3.05) is 5.32 Å². The lowest BCUT2D eigenvalue weighted by atomic mass is 10.3. The third kappa shape index (κ3) is 4.60. The van der Waals surface area contributed by atoms with Gasteiger partial charge in [-0.05, 0) is 36.4 Å². The normalized spacial score (nSPS) is 10.9. The molecule has 1 N–H and O–H groups in total. The van der Waals surface area contributed by atoms with Crippen molar-refractivity contribution < 1.29 is 22.7 Å². The molecule has 1 amide bonds. The number of hydrogen-bond donors (Lipinski definition) is 1. The van der Waals surface area contributed by atoms with Crippen LogP contribution in [0.5, 0.6) is 5.75 Å². The molecule has 10 heteroatoms. The summed E-state index contributed by atoms with van der Waals surface area (Å²) in [6, 6.07) is 10.3. The first-order valence-corrected chi connectivity index (χ1v) is 8.52. The number of anilines is 1. The Kier molecular flexibility index (Phi) is 5.39. The summed E-state index contributed by atoms with van der Waals surface area (Å²) in [6.07, 6.45) is -2.73. The Hall–Kier alpha value is -2.33. The van der Waals surface area contributed by atoms with Crippen LogP contribution in [0.2, 0.25) is 0 Å². The molecule has 0 aliphatic heterocycles. The zero-order chi connectivity index (χ0) is 17.8. The van der Waals surface area contributed by atoms with Crippen molar-refractivity contribution in [1.82, 2.24) is 10.2 Å². The average Bonchev–Trinajstić information content (AvgIpc) is 3.23. The molecule has 0 fully saturated rings. The fourth-order valence-corrected chi connectivity index (χ4v) is 2.65. The van der Waals surface area contributed by atoms with Gasteiger partial charge in [-0.15, -0.1) is 10.2 Å². The van der Waals surface area contributed by atoms with Gasteiger partial charge in [0.25, 0.3) is 12.3 Å². The summed E-state index contributed by atoms with van der Waals surface area (Å²) in [5.74, 6) is 0.507. The minimum atomic E-state index is -2.73. The molecule has 25 heavy (non-hydrogen) atoms. The van der Waals surface area contributed by atoms with E-state index in [1.54, 1.807) is 18.2 Å². The minimum Gasteiger partial charge on any atom is -0.486 e. The second-order valence-corrected chi connectivity index (χ2v) is 6.63. The van der Waals surface area contributed by atoms with E-state index >= 15 is 0 Å². The van der Waals surface area contributed by atoms with Crippen LogP contribution in [0.25, 0.3) is 0 Å². The maximum absolute atomic E-state index is 12.5. The summed E-state index contributed by atoms with van der Waals surface area (Å²) >= 11 is 3.93. The fraction of sp³-hybridized carbons (Fsp3) is 0.133. The van der Waals surface area contributed by atoms with E-state index in [4.69, 9.17) is 9.15 Å². The van der Waals surface area contributed by atoms with Crippen LogP contribution < -0.4 is 10.1 Å². The molecular weight excluding hydrogens is 420 g/mol. The van der Waals surface area contributed by atoms with E-state index in [0.29, 0.717) is 22.8 Å². The SMILES string of the molecule is O=C(Nc1nnc(C(F)F)s1)c1ccc(COc2ccc(Br)cc2)o1. The summed E-state index contributed by atoms with van der Waals surface area (Å²) in [5, 5.41) is 8.64. The van der Waals surface area contributed by atoms with Crippen LogP contribution in [-0.4, -0.2) is 16.1 Å². The Labute approximate surface area is 153 Å². The van der Waals surface area contributed by atoms with Gasteiger partial charge in [0.1, 0.15) is 18.1 Å². The zero-order valence-corrected chi connectivity index (χ0v) is 14.8. The first-order valence-electron chi connectivity index (χ1n) is 6.91. The molecule has 3 aromatic rings. The van der Waals surface area contributed by atoms with E-state index in [-0.39, 0.29) is 17.5 Å². The van der Waals surface area contributed by atoms with Gasteiger partial charge in [0.15, 0.2) is 10.8 Å². The molecule has 3 rings (SSSR count). The summed E-state index contributed by atoms with van der Waals surface area (Å²) < 4.78 is 36.8. The van der Waals surface area contributed by atoms with Crippen molar-refractivity contribution in [3.63, 3.8) is 0 Å². The van der Waals surface area contributed by atoms with Crippen LogP contribution in [0.15, 0.2) is 45.3 Å². The minimum absolute atomic E-state index is 0.0169. The lowest BCUT2D eigenvalue weighted by Gasteiger charge is -2.03. The number of carbonyl (C=O) groups excluding carboxylic acids is 1. The Bertz CT molecular complexity index is 867. The van der Waals surface area contributed by atoms with Gasteiger partial charge in [-0.2, -0.15) is 0 Å². The largest absolute Gasteiger partial charge is 0.486 e. The monoisotopic (exact) mass is 429 g/mol. The maximum atomic E-state index is 12.5. The molecule has 0 atom stereocenters. The lowest BCUT2D eigenvalue weighted by Crippen LogP contribution is -2.10. The molecule has 2 aromatic heterocycles. The Morgan fingerprint density at radius 2 is 2.00 bits per heavy atom. The number of rotatable bonds is 6. The third-order valence-corrected chi connectivity index (χ3v) is 4.30. The molecule has 6 nitrogen and oxygen atoms in total. The zero-order valence-electron chi connectivity index (χ0n) is 12.4. The predicted molar refractivity (Wildman–Crippen MR) is 90.0 cm³/mol. The Balaban J connectivity index is 1.58. The molecule has 0 unspecified atom stereocenters. The molecule has 0 aliphatic carbocycles. The van der Waals surface area contributed by atoms with Crippen LogP contribution in [-0.2, 0) is 6.61 Å². The Morgan fingerprint density at radius 3 is 2.68 bits per heavy atom. The molecule has 0 saturated carbocycles. The number of halogens is 3. The van der Waals surface area contributed by atoms with Crippen molar-refractivity contribution in [3.05, 3.63) is 57.4 Å². The van der Waals surface area contributed by atoms with E-state index in [1.165, 1.54) is 6.07 Å². The second kappa shape index (κ2) is 7.70. The second-order valence-electron chi connectivity index (χ2n) is 4.71. The molecule has 0 radical (unpaired) electrons. The molecule has 0 bridgehead atoms. The number of ether oxygens (including phenoxy) is 1. The van der Waals surface area contributed by atoms with Crippen LogP contribution in [0.4, 0.5) is 13.9 Å². The highest BCUT2D eigenvalue weighted by Gasteiger charge is 2.17. The van der Waals surface area contributed by atoms with Crippen molar-refractivity contribution in [2.45, 2.75) is 13.0 Å². The van der Waals surface area contributed by atoms with Crippen molar-refractivity contribution in [3.8, 4) is 5.75 Å². The van der Waals surface area contributed by atoms with Crippen molar-refractivity contribution >= 4 is 38.3 Å². The van der Waals surface area contributed by atoms with Crippen molar-refractivity contribution in [2.24, 2.45) is 0 Å². The van der Waals surface area contributed by atoms with Crippen LogP contribution in [0, 0.1) is 0 Å². The molecule has 0 aliphatic rings. The fourth-order valence-electron chi connectivity index (χ4n) is 1.79. The third-order valence-electron chi connectivity index (χ3n) is 2.93. The molecule has 130 valence electrons. The van der Waals surface area contributed by atoms with Gasteiger partial charge in [0.2, 0.25) is 5.13 Å². The van der Waals surface area contributed by atoms with Crippen molar-refractivity contribution in [1.29, 1.82) is 0 Å². The number of hydrogen-bond acceptors (Lipinski definition) is 6. The van der Waals surface area contributed by atoms with E-state index < -0.39 is 17.3 Å². The summed E-state index contributed by atoms with van der Waals surface area (Å²) in [5.41, 5.74) is 0. The van der Waals surface area contributed by atoms with E-state index in [9.17, 15) is 13.6 Å². The molecule has 1 aromatic carbocycles. The van der Waals surface area contributed by atoms with Gasteiger partial charge in [-0.3, -0.25) is 10.1 Å².